The van der Waals surface area contributed by atoms with Gasteiger partial charge in [-0.05, 0) is 18.1 Å². The van der Waals surface area contributed by atoms with Gasteiger partial charge in [0, 0.05) is 30.3 Å². The molecule has 3 aromatic rings. The van der Waals surface area contributed by atoms with Gasteiger partial charge in [-0.15, -0.1) is 0 Å². The zero-order valence-electron chi connectivity index (χ0n) is 11.2. The van der Waals surface area contributed by atoms with Crippen LogP contribution in [0.3, 0.4) is 0 Å². The third-order valence-electron chi connectivity index (χ3n) is 3.95. The van der Waals surface area contributed by atoms with E-state index in [0.29, 0.717) is 11.0 Å². The number of nitrogens with zero attached hydrogens (tertiary/aromatic N) is 1. The van der Waals surface area contributed by atoms with E-state index in [-0.39, 0.29) is 5.92 Å². The van der Waals surface area contributed by atoms with Crippen LogP contribution in [-0.2, 0) is 6.42 Å². The minimum atomic E-state index is -0.868. The number of hydrogen-bond acceptors (Lipinski definition) is 2. The molecule has 0 saturated heterocycles. The predicted molar refractivity (Wildman–Crippen MR) is 77.4 cm³/mol. The van der Waals surface area contributed by atoms with Crippen molar-refractivity contribution in [3.8, 4) is 0 Å². The molecule has 5 heteroatoms. The van der Waals surface area contributed by atoms with Crippen LogP contribution in [-0.4, -0.2) is 16.5 Å². The lowest BCUT2D eigenvalue weighted by atomic mass is 9.93. The monoisotopic (exact) mass is 285 g/mol. The Balaban J connectivity index is 1.71. The van der Waals surface area contributed by atoms with Crippen molar-refractivity contribution in [1.29, 1.82) is 0 Å². The molecule has 2 aromatic carbocycles. The second kappa shape index (κ2) is 4.55. The van der Waals surface area contributed by atoms with E-state index in [1.54, 1.807) is 0 Å². The van der Waals surface area contributed by atoms with Gasteiger partial charge in [0.15, 0.2) is 11.6 Å². The number of imidazole rings is 1. The summed E-state index contributed by atoms with van der Waals surface area (Å²) in [6.07, 6.45) is 0.855. The summed E-state index contributed by atoms with van der Waals surface area (Å²) in [6.45, 7) is 0.752. The SMILES string of the molecule is Fc1cc2nc(C3CNc4ccccc4C3)[nH]c2cc1F. The maximum Gasteiger partial charge on any atom is 0.161 e. The van der Waals surface area contributed by atoms with E-state index in [1.165, 1.54) is 5.56 Å². The topological polar surface area (TPSA) is 40.7 Å². The fourth-order valence-corrected chi connectivity index (χ4v) is 2.85. The van der Waals surface area contributed by atoms with Crippen molar-refractivity contribution in [1.82, 2.24) is 9.97 Å². The summed E-state index contributed by atoms with van der Waals surface area (Å²) in [5.74, 6) is -0.798. The summed E-state index contributed by atoms with van der Waals surface area (Å²) < 4.78 is 26.5. The summed E-state index contributed by atoms with van der Waals surface area (Å²) in [4.78, 5) is 7.52. The number of nitrogens with one attached hydrogen (secondary N) is 2. The summed E-state index contributed by atoms with van der Waals surface area (Å²) in [5, 5.41) is 3.37. The van der Waals surface area contributed by atoms with Gasteiger partial charge in [-0.3, -0.25) is 0 Å². The highest BCUT2D eigenvalue weighted by Gasteiger charge is 2.22. The molecule has 1 aliphatic rings. The van der Waals surface area contributed by atoms with Crippen molar-refractivity contribution in [2.24, 2.45) is 0 Å². The first-order valence-electron chi connectivity index (χ1n) is 6.87. The van der Waals surface area contributed by atoms with Crippen LogP contribution in [0.25, 0.3) is 11.0 Å². The standard InChI is InChI=1S/C16H13F2N3/c17-11-6-14-15(7-12(11)18)21-16(20-14)10-5-9-3-1-2-4-13(9)19-8-10/h1-4,6-7,10,19H,5,8H2,(H,20,21). The number of hydrogen-bond donors (Lipinski definition) is 2. The van der Waals surface area contributed by atoms with E-state index in [1.807, 2.05) is 12.1 Å². The first-order valence-corrected chi connectivity index (χ1v) is 6.87. The highest BCUT2D eigenvalue weighted by Crippen LogP contribution is 2.30. The molecule has 0 bridgehead atoms. The molecular formula is C16H13F2N3. The Bertz CT molecular complexity index is 787. The zero-order chi connectivity index (χ0) is 14.4. The second-order valence-corrected chi connectivity index (χ2v) is 5.34. The van der Waals surface area contributed by atoms with Gasteiger partial charge in [-0.1, -0.05) is 18.2 Å². The van der Waals surface area contributed by atoms with Gasteiger partial charge in [0.25, 0.3) is 0 Å². The molecule has 3 nitrogen and oxygen atoms in total. The van der Waals surface area contributed by atoms with Crippen LogP contribution in [0, 0.1) is 11.6 Å². The van der Waals surface area contributed by atoms with Crippen LogP contribution in [0.2, 0.25) is 0 Å². The van der Waals surface area contributed by atoms with E-state index in [2.05, 4.69) is 27.4 Å². The van der Waals surface area contributed by atoms with Crippen molar-refractivity contribution in [2.45, 2.75) is 12.3 Å². The van der Waals surface area contributed by atoms with Crippen LogP contribution in [0.5, 0.6) is 0 Å². The van der Waals surface area contributed by atoms with Gasteiger partial charge in [0.2, 0.25) is 0 Å². The quantitative estimate of drug-likeness (QED) is 0.717. The number of aromatic amines is 1. The molecule has 1 aliphatic heterocycles. The average Bonchev–Trinajstić information content (AvgIpc) is 2.90. The van der Waals surface area contributed by atoms with Gasteiger partial charge in [-0.2, -0.15) is 0 Å². The van der Waals surface area contributed by atoms with Gasteiger partial charge in [0.05, 0.1) is 11.0 Å². The van der Waals surface area contributed by atoms with Crippen molar-refractivity contribution in [2.75, 3.05) is 11.9 Å². The maximum absolute atomic E-state index is 13.3. The number of H-pyrrole nitrogens is 1. The Kier molecular flexibility index (Phi) is 2.67. The third kappa shape index (κ3) is 2.05. The number of rotatable bonds is 1. The zero-order valence-corrected chi connectivity index (χ0v) is 11.2. The lowest BCUT2D eigenvalue weighted by Gasteiger charge is -2.24. The van der Waals surface area contributed by atoms with Crippen molar-refractivity contribution >= 4 is 16.7 Å². The third-order valence-corrected chi connectivity index (χ3v) is 3.95. The van der Waals surface area contributed by atoms with Crippen LogP contribution in [0.1, 0.15) is 17.3 Å². The molecule has 1 unspecified atom stereocenters. The van der Waals surface area contributed by atoms with Crippen molar-refractivity contribution in [3.63, 3.8) is 0 Å². The summed E-state index contributed by atoms with van der Waals surface area (Å²) in [5.41, 5.74) is 3.36. The second-order valence-electron chi connectivity index (χ2n) is 5.34. The molecule has 106 valence electrons. The van der Waals surface area contributed by atoms with Crippen LogP contribution >= 0.6 is 0 Å². The smallest absolute Gasteiger partial charge is 0.161 e. The molecule has 0 spiro atoms. The molecule has 1 atom stereocenters. The number of benzene rings is 2. The first-order chi connectivity index (χ1) is 10.2. The van der Waals surface area contributed by atoms with Gasteiger partial charge in [0.1, 0.15) is 5.82 Å². The van der Waals surface area contributed by atoms with Crippen molar-refractivity contribution in [3.05, 3.63) is 59.4 Å². The van der Waals surface area contributed by atoms with Gasteiger partial charge >= 0.3 is 0 Å². The molecule has 0 aliphatic carbocycles. The van der Waals surface area contributed by atoms with Gasteiger partial charge < -0.3 is 10.3 Å². The summed E-state index contributed by atoms with van der Waals surface area (Å²) >= 11 is 0. The molecule has 2 N–H and O–H groups in total. The largest absolute Gasteiger partial charge is 0.384 e. The molecule has 4 rings (SSSR count). The Morgan fingerprint density at radius 1 is 1.10 bits per heavy atom. The Hall–Kier alpha value is -2.43. The van der Waals surface area contributed by atoms with Crippen molar-refractivity contribution < 1.29 is 8.78 Å². The lowest BCUT2D eigenvalue weighted by Crippen LogP contribution is -2.22. The molecule has 1 aromatic heterocycles. The Labute approximate surface area is 120 Å². The van der Waals surface area contributed by atoms with E-state index in [9.17, 15) is 8.78 Å². The maximum atomic E-state index is 13.3. The number of fused-ring (bicyclic) bond motifs is 2. The molecule has 0 fully saturated rings. The van der Waals surface area contributed by atoms with E-state index < -0.39 is 11.6 Å². The minimum absolute atomic E-state index is 0.165. The lowest BCUT2D eigenvalue weighted by molar-refractivity contribution is 0.510. The molecule has 0 radical (unpaired) electrons. The average molecular weight is 285 g/mol. The minimum Gasteiger partial charge on any atom is -0.384 e. The van der Waals surface area contributed by atoms with E-state index in [4.69, 9.17) is 0 Å². The van der Waals surface area contributed by atoms with E-state index >= 15 is 0 Å². The van der Waals surface area contributed by atoms with Crippen LogP contribution in [0.4, 0.5) is 14.5 Å². The van der Waals surface area contributed by atoms with E-state index in [0.717, 1.165) is 36.6 Å². The van der Waals surface area contributed by atoms with Crippen LogP contribution in [0.15, 0.2) is 36.4 Å². The Morgan fingerprint density at radius 3 is 2.81 bits per heavy atom. The summed E-state index contributed by atoms with van der Waals surface area (Å²) in [6, 6.07) is 10.4. The van der Waals surface area contributed by atoms with Crippen LogP contribution < -0.4 is 5.32 Å². The predicted octanol–water partition coefficient (Wildman–Crippen LogP) is 3.59. The highest BCUT2D eigenvalue weighted by atomic mass is 19.2. The highest BCUT2D eigenvalue weighted by molar-refractivity contribution is 5.75. The molecule has 0 amide bonds. The fraction of sp³-hybridized carbons (Fsp3) is 0.188. The number of para-hydroxylation sites is 1. The molecule has 0 saturated carbocycles. The summed E-state index contributed by atoms with van der Waals surface area (Å²) in [7, 11) is 0. The molecule has 2 heterocycles. The number of halogens is 2. The van der Waals surface area contributed by atoms with Gasteiger partial charge in [-0.25, -0.2) is 13.8 Å². The number of aromatic nitrogens is 2. The molecular weight excluding hydrogens is 272 g/mol. The Morgan fingerprint density at radius 2 is 1.90 bits per heavy atom. The first kappa shape index (κ1) is 12.3. The fourth-order valence-electron chi connectivity index (χ4n) is 2.85. The number of anilines is 1. The normalized spacial score (nSPS) is 17.5. The molecule has 21 heavy (non-hydrogen) atoms.